The molecule has 2 aromatic carbocycles. The van der Waals surface area contributed by atoms with Gasteiger partial charge in [0.25, 0.3) is 0 Å². The fourth-order valence-electron chi connectivity index (χ4n) is 2.95. The van der Waals surface area contributed by atoms with Crippen molar-refractivity contribution in [3.8, 4) is 11.4 Å². The molecule has 0 unspecified atom stereocenters. The van der Waals surface area contributed by atoms with Crippen LogP contribution in [-0.4, -0.2) is 25.8 Å². The summed E-state index contributed by atoms with van der Waals surface area (Å²) in [7, 11) is 1.94. The molecule has 0 fully saturated rings. The number of benzene rings is 2. The predicted octanol–water partition coefficient (Wildman–Crippen LogP) is 5.45. The van der Waals surface area contributed by atoms with Crippen LogP contribution in [0.1, 0.15) is 49.2 Å². The molecule has 146 valence electrons. The Hall–Kier alpha value is -2.40. The van der Waals surface area contributed by atoms with Crippen molar-refractivity contribution < 1.29 is 4.79 Å². The Morgan fingerprint density at radius 2 is 1.61 bits per heavy atom. The standard InChI is InChI=1S/C23H27N3OS/c1-15-7-9-17(10-8-15)20(27)16(2)28-22-25-24-21(26(22)6)18-11-13-19(14-12-18)23(3,4)5/h7-14,16H,1-6H3/t16-/m0/s1. The quantitative estimate of drug-likeness (QED) is 0.427. The van der Waals surface area contributed by atoms with Crippen molar-refractivity contribution in [2.75, 3.05) is 0 Å². The van der Waals surface area contributed by atoms with Crippen LogP contribution in [0.15, 0.2) is 53.7 Å². The number of carbonyl (C=O) groups is 1. The van der Waals surface area contributed by atoms with Gasteiger partial charge in [0.15, 0.2) is 16.8 Å². The van der Waals surface area contributed by atoms with E-state index in [0.717, 1.165) is 27.7 Å². The molecule has 5 heteroatoms. The molecular formula is C23H27N3OS. The van der Waals surface area contributed by atoms with Crippen molar-refractivity contribution in [1.29, 1.82) is 0 Å². The highest BCUT2D eigenvalue weighted by Gasteiger charge is 2.21. The minimum Gasteiger partial charge on any atom is -0.305 e. The van der Waals surface area contributed by atoms with Gasteiger partial charge >= 0.3 is 0 Å². The fourth-order valence-corrected chi connectivity index (χ4v) is 3.84. The zero-order chi connectivity index (χ0) is 20.5. The molecule has 1 heterocycles. The van der Waals surface area contributed by atoms with E-state index in [9.17, 15) is 4.79 Å². The summed E-state index contributed by atoms with van der Waals surface area (Å²) in [5.74, 6) is 0.905. The summed E-state index contributed by atoms with van der Waals surface area (Å²) in [5.41, 5.74) is 4.29. The first-order valence-corrected chi connectivity index (χ1v) is 10.3. The van der Waals surface area contributed by atoms with Gasteiger partial charge in [-0.3, -0.25) is 4.79 Å². The van der Waals surface area contributed by atoms with Gasteiger partial charge in [-0.05, 0) is 24.8 Å². The number of thioether (sulfide) groups is 1. The van der Waals surface area contributed by atoms with E-state index in [1.165, 1.54) is 17.3 Å². The maximum Gasteiger partial charge on any atom is 0.191 e. The highest BCUT2D eigenvalue weighted by atomic mass is 32.2. The third kappa shape index (κ3) is 4.36. The highest BCUT2D eigenvalue weighted by molar-refractivity contribution is 8.00. The molecule has 4 nitrogen and oxygen atoms in total. The summed E-state index contributed by atoms with van der Waals surface area (Å²) in [5, 5.41) is 9.18. The SMILES string of the molecule is Cc1ccc(C(=O)[C@H](C)Sc2nnc(-c3ccc(C(C)(C)C)cc3)n2C)cc1. The number of hydrogen-bond donors (Lipinski definition) is 0. The Balaban J connectivity index is 1.77. The Bertz CT molecular complexity index is 967. The molecule has 1 atom stereocenters. The minimum atomic E-state index is -0.235. The van der Waals surface area contributed by atoms with Crippen LogP contribution in [0, 0.1) is 6.92 Å². The summed E-state index contributed by atoms with van der Waals surface area (Å²) in [6, 6.07) is 16.1. The molecule has 0 spiro atoms. The van der Waals surface area contributed by atoms with Crippen LogP contribution in [0.2, 0.25) is 0 Å². The summed E-state index contributed by atoms with van der Waals surface area (Å²) in [6.45, 7) is 10.5. The van der Waals surface area contributed by atoms with E-state index in [1.54, 1.807) is 0 Å². The van der Waals surface area contributed by atoms with E-state index in [4.69, 9.17) is 0 Å². The smallest absolute Gasteiger partial charge is 0.191 e. The summed E-state index contributed by atoms with van der Waals surface area (Å²) >= 11 is 1.44. The molecule has 0 aliphatic heterocycles. The second kappa shape index (κ2) is 7.92. The molecule has 0 amide bonds. The first kappa shape index (κ1) is 20.3. The van der Waals surface area contributed by atoms with Gasteiger partial charge in [-0.2, -0.15) is 0 Å². The minimum absolute atomic E-state index is 0.101. The van der Waals surface area contributed by atoms with E-state index in [-0.39, 0.29) is 16.4 Å². The van der Waals surface area contributed by atoms with Crippen LogP contribution in [0.25, 0.3) is 11.4 Å². The van der Waals surface area contributed by atoms with Gasteiger partial charge in [0, 0.05) is 18.2 Å². The van der Waals surface area contributed by atoms with E-state index in [1.807, 2.05) is 49.7 Å². The van der Waals surface area contributed by atoms with Crippen molar-refractivity contribution in [2.45, 2.75) is 50.4 Å². The first-order chi connectivity index (χ1) is 13.2. The lowest BCUT2D eigenvalue weighted by Crippen LogP contribution is -2.14. The summed E-state index contributed by atoms with van der Waals surface area (Å²) < 4.78 is 1.95. The number of aryl methyl sites for hydroxylation is 1. The van der Waals surface area contributed by atoms with Crippen LogP contribution in [0.3, 0.4) is 0 Å². The average molecular weight is 394 g/mol. The number of hydrogen-bond acceptors (Lipinski definition) is 4. The summed E-state index contributed by atoms with van der Waals surface area (Å²) in [4.78, 5) is 12.7. The molecule has 0 bridgehead atoms. The third-order valence-corrected chi connectivity index (χ3v) is 5.97. The average Bonchev–Trinajstić information content (AvgIpc) is 3.01. The number of aromatic nitrogens is 3. The molecule has 3 aromatic rings. The van der Waals surface area contributed by atoms with Crippen molar-refractivity contribution in [1.82, 2.24) is 14.8 Å². The van der Waals surface area contributed by atoms with Crippen LogP contribution in [0.4, 0.5) is 0 Å². The van der Waals surface area contributed by atoms with Gasteiger partial charge in [-0.25, -0.2) is 0 Å². The molecule has 0 aliphatic carbocycles. The van der Waals surface area contributed by atoms with Crippen LogP contribution in [0.5, 0.6) is 0 Å². The van der Waals surface area contributed by atoms with Crippen LogP contribution < -0.4 is 0 Å². The highest BCUT2D eigenvalue weighted by Crippen LogP contribution is 2.29. The maximum atomic E-state index is 12.7. The number of carbonyl (C=O) groups excluding carboxylic acids is 1. The topological polar surface area (TPSA) is 47.8 Å². The van der Waals surface area contributed by atoms with Gasteiger partial charge in [0.05, 0.1) is 5.25 Å². The number of ketones is 1. The second-order valence-electron chi connectivity index (χ2n) is 8.18. The van der Waals surface area contributed by atoms with Crippen molar-refractivity contribution in [2.24, 2.45) is 7.05 Å². The largest absolute Gasteiger partial charge is 0.305 e. The maximum absolute atomic E-state index is 12.7. The predicted molar refractivity (Wildman–Crippen MR) is 116 cm³/mol. The number of Topliss-reactive ketones (excluding diaryl/α,β-unsaturated/α-hetero) is 1. The van der Waals surface area contributed by atoms with Crippen molar-refractivity contribution in [3.63, 3.8) is 0 Å². The van der Waals surface area contributed by atoms with Gasteiger partial charge in [-0.1, -0.05) is 86.6 Å². The van der Waals surface area contributed by atoms with Crippen LogP contribution >= 0.6 is 11.8 Å². The molecule has 0 radical (unpaired) electrons. The van der Waals surface area contributed by atoms with Crippen molar-refractivity contribution in [3.05, 3.63) is 65.2 Å². The zero-order valence-corrected chi connectivity index (χ0v) is 18.2. The molecule has 28 heavy (non-hydrogen) atoms. The lowest BCUT2D eigenvalue weighted by Gasteiger charge is -2.19. The Morgan fingerprint density at radius 3 is 2.18 bits per heavy atom. The molecule has 0 N–H and O–H groups in total. The van der Waals surface area contributed by atoms with Gasteiger partial charge in [0.2, 0.25) is 0 Å². The molecule has 1 aromatic heterocycles. The molecule has 0 aliphatic rings. The Labute approximate surface area is 171 Å². The van der Waals surface area contributed by atoms with E-state index in [0.29, 0.717) is 0 Å². The van der Waals surface area contributed by atoms with Crippen LogP contribution in [-0.2, 0) is 12.5 Å². The van der Waals surface area contributed by atoms with E-state index < -0.39 is 0 Å². The lowest BCUT2D eigenvalue weighted by atomic mass is 9.87. The normalized spacial score (nSPS) is 12.8. The van der Waals surface area contributed by atoms with Gasteiger partial charge in [-0.15, -0.1) is 10.2 Å². The third-order valence-electron chi connectivity index (χ3n) is 4.83. The zero-order valence-electron chi connectivity index (χ0n) is 17.4. The first-order valence-electron chi connectivity index (χ1n) is 9.44. The summed E-state index contributed by atoms with van der Waals surface area (Å²) in [6.07, 6.45) is 0. The molecule has 0 saturated carbocycles. The number of rotatable bonds is 5. The van der Waals surface area contributed by atoms with Crippen molar-refractivity contribution >= 4 is 17.5 Å². The number of nitrogens with zero attached hydrogens (tertiary/aromatic N) is 3. The molecule has 3 rings (SSSR count). The molecule has 0 saturated heterocycles. The van der Waals surface area contributed by atoms with Gasteiger partial charge < -0.3 is 4.57 Å². The van der Waals surface area contributed by atoms with Gasteiger partial charge in [0.1, 0.15) is 0 Å². The second-order valence-corrected chi connectivity index (χ2v) is 9.49. The molecular weight excluding hydrogens is 366 g/mol. The monoisotopic (exact) mass is 393 g/mol. The Morgan fingerprint density at radius 1 is 1.00 bits per heavy atom. The van der Waals surface area contributed by atoms with E-state index >= 15 is 0 Å². The lowest BCUT2D eigenvalue weighted by molar-refractivity contribution is 0.0994. The Kier molecular flexibility index (Phi) is 5.75. The fraction of sp³-hybridized carbons (Fsp3) is 0.348. The van der Waals surface area contributed by atoms with E-state index in [2.05, 4.69) is 55.2 Å².